The van der Waals surface area contributed by atoms with Gasteiger partial charge in [-0.25, -0.2) is 0 Å². The number of rotatable bonds is 1. The van der Waals surface area contributed by atoms with E-state index in [0.29, 0.717) is 0 Å². The van der Waals surface area contributed by atoms with Gasteiger partial charge in [-0.3, -0.25) is 10.1 Å². The molecule has 0 aliphatic carbocycles. The number of aromatic amines is 1. The van der Waals surface area contributed by atoms with Crippen LogP contribution in [0.2, 0.25) is 0 Å². The molecule has 2 aromatic rings. The number of fused-ring (bicyclic) bond motifs is 1. The third-order valence-electron chi connectivity index (χ3n) is 1.58. The Labute approximate surface area is 63.6 Å². The lowest BCUT2D eigenvalue weighted by Crippen LogP contribution is -1.88. The second-order valence-corrected chi connectivity index (χ2v) is 2.28. The summed E-state index contributed by atoms with van der Waals surface area (Å²) >= 11 is 0. The Morgan fingerprint density at radius 2 is 2.36 bits per heavy atom. The summed E-state index contributed by atoms with van der Waals surface area (Å²) in [6, 6.07) is 1.97. The maximum atomic E-state index is 4.16. The van der Waals surface area contributed by atoms with Gasteiger partial charge in [-0.05, 0) is 6.07 Å². The topological polar surface area (TPSA) is 53.6 Å². The zero-order valence-corrected chi connectivity index (χ0v) is 6.13. The Bertz CT molecular complexity index is 365. The Hall–Kier alpha value is -1.58. The van der Waals surface area contributed by atoms with Gasteiger partial charge in [-0.15, -0.1) is 0 Å². The van der Waals surface area contributed by atoms with Gasteiger partial charge in [0.25, 0.3) is 0 Å². The number of hydrogen-bond acceptors (Lipinski definition) is 3. The minimum atomic E-state index is 0.893. The minimum absolute atomic E-state index is 0.893. The van der Waals surface area contributed by atoms with Crippen molar-refractivity contribution in [3.8, 4) is 0 Å². The molecule has 56 valence electrons. The fraction of sp³-hybridized carbons (Fsp3) is 0.143. The van der Waals surface area contributed by atoms with Crippen LogP contribution in [-0.2, 0) is 0 Å². The molecule has 0 unspecified atom stereocenters. The van der Waals surface area contributed by atoms with Gasteiger partial charge in [-0.2, -0.15) is 5.10 Å². The van der Waals surface area contributed by atoms with Gasteiger partial charge >= 0.3 is 0 Å². The maximum absolute atomic E-state index is 4.16. The number of hydrogen-bond donors (Lipinski definition) is 2. The van der Waals surface area contributed by atoms with Crippen molar-refractivity contribution in [3.63, 3.8) is 0 Å². The summed E-state index contributed by atoms with van der Waals surface area (Å²) in [5.74, 6) is 0. The first-order valence-corrected chi connectivity index (χ1v) is 3.37. The Morgan fingerprint density at radius 3 is 3.18 bits per heavy atom. The van der Waals surface area contributed by atoms with E-state index >= 15 is 0 Å². The van der Waals surface area contributed by atoms with Gasteiger partial charge in [0.2, 0.25) is 0 Å². The molecule has 0 saturated heterocycles. The Kier molecular flexibility index (Phi) is 1.25. The molecule has 0 spiro atoms. The van der Waals surface area contributed by atoms with E-state index in [0.717, 1.165) is 16.7 Å². The molecule has 0 bridgehead atoms. The molecular formula is C7H8N4. The normalized spacial score (nSPS) is 10.3. The summed E-state index contributed by atoms with van der Waals surface area (Å²) in [7, 11) is 1.86. The van der Waals surface area contributed by atoms with Crippen LogP contribution in [0.4, 0.5) is 5.69 Å². The van der Waals surface area contributed by atoms with Crippen LogP contribution in [0.1, 0.15) is 0 Å². The number of anilines is 1. The molecule has 4 nitrogen and oxygen atoms in total. The van der Waals surface area contributed by atoms with Crippen LogP contribution in [0.25, 0.3) is 11.0 Å². The quantitative estimate of drug-likeness (QED) is 0.634. The highest BCUT2D eigenvalue weighted by Crippen LogP contribution is 2.11. The van der Waals surface area contributed by atoms with Crippen LogP contribution in [-0.4, -0.2) is 22.2 Å². The molecule has 2 heterocycles. The van der Waals surface area contributed by atoms with E-state index in [1.807, 2.05) is 13.1 Å². The van der Waals surface area contributed by atoms with Crippen LogP contribution in [0.5, 0.6) is 0 Å². The number of nitrogens with zero attached hydrogens (tertiary/aromatic N) is 2. The largest absolute Gasteiger partial charge is 0.387 e. The van der Waals surface area contributed by atoms with Crippen molar-refractivity contribution in [2.75, 3.05) is 12.4 Å². The third-order valence-corrected chi connectivity index (χ3v) is 1.58. The predicted molar refractivity (Wildman–Crippen MR) is 43.4 cm³/mol. The smallest absolute Gasteiger partial charge is 0.108 e. The standard InChI is InChI=1S/C7H8N4/c1-8-5-2-6-7(9-3-5)4-10-11-6/h2-4,8H,1H3,(H,10,11). The first kappa shape index (κ1) is 6.15. The van der Waals surface area contributed by atoms with E-state index in [4.69, 9.17) is 0 Å². The SMILES string of the molecule is CNc1cnc2cn[nH]c2c1. The lowest BCUT2D eigenvalue weighted by molar-refractivity contribution is 1.12. The van der Waals surface area contributed by atoms with E-state index < -0.39 is 0 Å². The van der Waals surface area contributed by atoms with Crippen LogP contribution in [0.15, 0.2) is 18.5 Å². The monoisotopic (exact) mass is 148 g/mol. The fourth-order valence-corrected chi connectivity index (χ4v) is 0.967. The highest BCUT2D eigenvalue weighted by molar-refractivity contribution is 5.76. The molecule has 2 N–H and O–H groups in total. The van der Waals surface area contributed by atoms with Crippen LogP contribution in [0.3, 0.4) is 0 Å². The van der Waals surface area contributed by atoms with Crippen molar-refractivity contribution in [2.24, 2.45) is 0 Å². The van der Waals surface area contributed by atoms with Gasteiger partial charge < -0.3 is 5.32 Å². The van der Waals surface area contributed by atoms with Crippen molar-refractivity contribution < 1.29 is 0 Å². The van der Waals surface area contributed by atoms with Gasteiger partial charge in [-0.1, -0.05) is 0 Å². The summed E-state index contributed by atoms with van der Waals surface area (Å²) in [6.45, 7) is 0. The lowest BCUT2D eigenvalue weighted by Gasteiger charge is -1.96. The average molecular weight is 148 g/mol. The summed E-state index contributed by atoms with van der Waals surface area (Å²) in [4.78, 5) is 4.16. The Balaban J connectivity index is 2.67. The first-order chi connectivity index (χ1) is 5.40. The molecule has 0 radical (unpaired) electrons. The Morgan fingerprint density at radius 1 is 1.45 bits per heavy atom. The maximum Gasteiger partial charge on any atom is 0.108 e. The second kappa shape index (κ2) is 2.23. The van der Waals surface area contributed by atoms with E-state index in [-0.39, 0.29) is 0 Å². The molecule has 11 heavy (non-hydrogen) atoms. The molecule has 2 aromatic heterocycles. The molecule has 0 atom stereocenters. The molecule has 0 aromatic carbocycles. The first-order valence-electron chi connectivity index (χ1n) is 3.37. The fourth-order valence-electron chi connectivity index (χ4n) is 0.967. The van der Waals surface area contributed by atoms with Crippen LogP contribution in [0, 0.1) is 0 Å². The van der Waals surface area contributed by atoms with E-state index in [1.54, 1.807) is 12.4 Å². The van der Waals surface area contributed by atoms with Gasteiger partial charge in [0.05, 0.1) is 23.6 Å². The van der Waals surface area contributed by atoms with Crippen molar-refractivity contribution in [2.45, 2.75) is 0 Å². The molecule has 0 amide bonds. The van der Waals surface area contributed by atoms with Crippen LogP contribution < -0.4 is 5.32 Å². The number of pyridine rings is 1. The molecule has 0 fully saturated rings. The van der Waals surface area contributed by atoms with Crippen molar-refractivity contribution in [1.29, 1.82) is 0 Å². The summed E-state index contributed by atoms with van der Waals surface area (Å²) in [5.41, 5.74) is 2.84. The highest BCUT2D eigenvalue weighted by Gasteiger charge is 1.95. The number of H-pyrrole nitrogens is 1. The third kappa shape index (κ3) is 0.920. The summed E-state index contributed by atoms with van der Waals surface area (Å²) in [5, 5.41) is 9.70. The molecule has 2 rings (SSSR count). The van der Waals surface area contributed by atoms with Crippen LogP contribution >= 0.6 is 0 Å². The van der Waals surface area contributed by atoms with Crippen molar-refractivity contribution in [3.05, 3.63) is 18.5 Å². The van der Waals surface area contributed by atoms with E-state index in [1.165, 1.54) is 0 Å². The lowest BCUT2D eigenvalue weighted by atomic mass is 10.3. The van der Waals surface area contributed by atoms with Gasteiger partial charge in [0.15, 0.2) is 0 Å². The van der Waals surface area contributed by atoms with Crippen molar-refractivity contribution >= 4 is 16.7 Å². The second-order valence-electron chi connectivity index (χ2n) is 2.28. The zero-order valence-electron chi connectivity index (χ0n) is 6.13. The molecule has 0 saturated carbocycles. The number of aromatic nitrogens is 3. The number of nitrogens with one attached hydrogen (secondary N) is 2. The average Bonchev–Trinajstić information content (AvgIpc) is 2.50. The predicted octanol–water partition coefficient (Wildman–Crippen LogP) is 1.000. The van der Waals surface area contributed by atoms with Gasteiger partial charge in [0, 0.05) is 7.05 Å². The summed E-state index contributed by atoms with van der Waals surface area (Å²) in [6.07, 6.45) is 3.48. The van der Waals surface area contributed by atoms with Gasteiger partial charge in [0.1, 0.15) is 5.52 Å². The van der Waals surface area contributed by atoms with E-state index in [9.17, 15) is 0 Å². The van der Waals surface area contributed by atoms with E-state index in [2.05, 4.69) is 20.5 Å². The van der Waals surface area contributed by atoms with Crippen molar-refractivity contribution in [1.82, 2.24) is 15.2 Å². The molecule has 0 aliphatic rings. The summed E-state index contributed by atoms with van der Waals surface area (Å²) < 4.78 is 0. The molecular weight excluding hydrogens is 140 g/mol. The molecule has 0 aliphatic heterocycles. The zero-order chi connectivity index (χ0) is 7.68. The minimum Gasteiger partial charge on any atom is -0.387 e. The molecule has 4 heteroatoms. The highest BCUT2D eigenvalue weighted by atomic mass is 15.1.